The Hall–Kier alpha value is -1.04. The van der Waals surface area contributed by atoms with Crippen LogP contribution in [0.25, 0.3) is 0 Å². The first kappa shape index (κ1) is 11.0. The van der Waals surface area contributed by atoms with E-state index in [0.717, 1.165) is 12.8 Å². The van der Waals surface area contributed by atoms with Crippen molar-refractivity contribution in [3.63, 3.8) is 0 Å². The molecule has 0 unspecified atom stereocenters. The zero-order chi connectivity index (χ0) is 10.2. The van der Waals surface area contributed by atoms with Crippen LogP contribution in [0.15, 0.2) is 36.9 Å². The van der Waals surface area contributed by atoms with E-state index in [1.54, 1.807) is 0 Å². The van der Waals surface area contributed by atoms with Crippen LogP contribution in [0.2, 0.25) is 0 Å². The summed E-state index contributed by atoms with van der Waals surface area (Å²) in [4.78, 5) is 0. The molecule has 0 atom stereocenters. The average Bonchev–Trinajstić information content (AvgIpc) is 2.24. The Bertz CT molecular complexity index is 273. The number of rotatable bonds is 6. The lowest BCUT2D eigenvalue weighted by atomic mass is 9.99. The van der Waals surface area contributed by atoms with Crippen LogP contribution < -0.4 is 0 Å². The molecule has 0 bridgehead atoms. The standard InChI is InChI=1S/C14H20/c1-3-5-9-13-11-7-8-12-14(13)10-6-4-2/h3,7-8,11-12H,1,4-6,9-10H2,2H3. The van der Waals surface area contributed by atoms with Crippen LogP contribution in [0.4, 0.5) is 0 Å². The Morgan fingerprint density at radius 3 is 2.36 bits per heavy atom. The Morgan fingerprint density at radius 2 is 1.79 bits per heavy atom. The molecule has 0 N–H and O–H groups in total. The van der Waals surface area contributed by atoms with E-state index in [1.165, 1.54) is 30.4 Å². The van der Waals surface area contributed by atoms with Gasteiger partial charge in [0.1, 0.15) is 0 Å². The highest BCUT2D eigenvalue weighted by molar-refractivity contribution is 5.27. The molecule has 1 rings (SSSR count). The molecule has 0 saturated carbocycles. The predicted octanol–water partition coefficient (Wildman–Crippen LogP) is 4.15. The van der Waals surface area contributed by atoms with Gasteiger partial charge in [-0.05, 0) is 36.8 Å². The van der Waals surface area contributed by atoms with Gasteiger partial charge in [-0.3, -0.25) is 0 Å². The normalized spacial score (nSPS) is 10.1. The highest BCUT2D eigenvalue weighted by Gasteiger charge is 1.99. The summed E-state index contributed by atoms with van der Waals surface area (Å²) in [5, 5.41) is 0. The fourth-order valence-electron chi connectivity index (χ4n) is 1.67. The molecule has 0 heteroatoms. The van der Waals surface area contributed by atoms with Crippen molar-refractivity contribution in [2.24, 2.45) is 0 Å². The highest BCUT2D eigenvalue weighted by atomic mass is 14.0. The predicted molar refractivity (Wildman–Crippen MR) is 63.6 cm³/mol. The average molecular weight is 188 g/mol. The summed E-state index contributed by atoms with van der Waals surface area (Å²) >= 11 is 0. The monoisotopic (exact) mass is 188 g/mol. The van der Waals surface area contributed by atoms with Crippen LogP contribution in [-0.2, 0) is 12.8 Å². The molecule has 1 aromatic carbocycles. The van der Waals surface area contributed by atoms with E-state index < -0.39 is 0 Å². The second-order valence-electron chi connectivity index (χ2n) is 3.70. The smallest absolute Gasteiger partial charge is 0.0242 e. The van der Waals surface area contributed by atoms with E-state index in [0.29, 0.717) is 0 Å². The van der Waals surface area contributed by atoms with Crippen molar-refractivity contribution in [1.82, 2.24) is 0 Å². The lowest BCUT2D eigenvalue weighted by Crippen LogP contribution is -1.93. The Balaban J connectivity index is 2.64. The summed E-state index contributed by atoms with van der Waals surface area (Å²) in [7, 11) is 0. The first-order chi connectivity index (χ1) is 6.88. The van der Waals surface area contributed by atoms with Gasteiger partial charge < -0.3 is 0 Å². The molecule has 0 aliphatic heterocycles. The number of benzene rings is 1. The van der Waals surface area contributed by atoms with Crippen LogP contribution in [0.1, 0.15) is 37.3 Å². The van der Waals surface area contributed by atoms with Gasteiger partial charge in [0.15, 0.2) is 0 Å². The number of unbranched alkanes of at least 4 members (excludes halogenated alkanes) is 1. The van der Waals surface area contributed by atoms with Crippen molar-refractivity contribution in [3.8, 4) is 0 Å². The molecule has 0 nitrogen and oxygen atoms in total. The molecule has 14 heavy (non-hydrogen) atoms. The van der Waals surface area contributed by atoms with Crippen molar-refractivity contribution >= 4 is 0 Å². The van der Waals surface area contributed by atoms with E-state index in [9.17, 15) is 0 Å². The molecule has 0 heterocycles. The summed E-state index contributed by atoms with van der Waals surface area (Å²) in [5.74, 6) is 0. The zero-order valence-electron chi connectivity index (χ0n) is 9.13. The maximum Gasteiger partial charge on any atom is -0.0242 e. The second-order valence-corrected chi connectivity index (χ2v) is 3.70. The third-order valence-corrected chi connectivity index (χ3v) is 2.54. The SMILES string of the molecule is C=CCCc1ccccc1CCCC. The van der Waals surface area contributed by atoms with Crippen LogP contribution in [-0.4, -0.2) is 0 Å². The lowest BCUT2D eigenvalue weighted by Gasteiger charge is -2.07. The fourth-order valence-corrected chi connectivity index (χ4v) is 1.67. The largest absolute Gasteiger partial charge is 0.103 e. The van der Waals surface area contributed by atoms with Crippen molar-refractivity contribution in [1.29, 1.82) is 0 Å². The first-order valence-electron chi connectivity index (χ1n) is 5.56. The molecule has 0 radical (unpaired) electrons. The molecule has 1 aromatic rings. The van der Waals surface area contributed by atoms with Crippen molar-refractivity contribution < 1.29 is 0 Å². The van der Waals surface area contributed by atoms with Gasteiger partial charge in [-0.1, -0.05) is 43.7 Å². The highest BCUT2D eigenvalue weighted by Crippen LogP contribution is 2.14. The van der Waals surface area contributed by atoms with Crippen LogP contribution in [0.3, 0.4) is 0 Å². The third-order valence-electron chi connectivity index (χ3n) is 2.54. The number of aryl methyl sites for hydroxylation is 2. The second kappa shape index (κ2) is 6.42. The van der Waals surface area contributed by atoms with Crippen molar-refractivity contribution in [2.45, 2.75) is 39.0 Å². The van der Waals surface area contributed by atoms with E-state index in [1.807, 2.05) is 6.08 Å². The van der Waals surface area contributed by atoms with Crippen molar-refractivity contribution in [3.05, 3.63) is 48.0 Å². The minimum Gasteiger partial charge on any atom is -0.103 e. The van der Waals surface area contributed by atoms with Crippen LogP contribution in [0.5, 0.6) is 0 Å². The zero-order valence-corrected chi connectivity index (χ0v) is 9.13. The van der Waals surface area contributed by atoms with Gasteiger partial charge in [0.05, 0.1) is 0 Å². The maximum absolute atomic E-state index is 3.77. The fraction of sp³-hybridized carbons (Fsp3) is 0.429. The van der Waals surface area contributed by atoms with Gasteiger partial charge in [-0.2, -0.15) is 0 Å². The lowest BCUT2D eigenvalue weighted by molar-refractivity contribution is 0.784. The minimum absolute atomic E-state index is 1.09. The molecule has 0 aliphatic carbocycles. The number of hydrogen-bond donors (Lipinski definition) is 0. The van der Waals surface area contributed by atoms with Gasteiger partial charge in [-0.15, -0.1) is 6.58 Å². The third kappa shape index (κ3) is 3.37. The van der Waals surface area contributed by atoms with E-state index >= 15 is 0 Å². The van der Waals surface area contributed by atoms with Crippen molar-refractivity contribution in [2.75, 3.05) is 0 Å². The number of allylic oxidation sites excluding steroid dienone is 1. The van der Waals surface area contributed by atoms with Gasteiger partial charge in [0.25, 0.3) is 0 Å². The quantitative estimate of drug-likeness (QED) is 0.588. The molecule has 0 saturated heterocycles. The van der Waals surface area contributed by atoms with Gasteiger partial charge >= 0.3 is 0 Å². The summed E-state index contributed by atoms with van der Waals surface area (Å²) in [6.45, 7) is 6.01. The molecule has 0 aliphatic rings. The van der Waals surface area contributed by atoms with E-state index in [4.69, 9.17) is 0 Å². The molecule has 76 valence electrons. The van der Waals surface area contributed by atoms with E-state index in [2.05, 4.69) is 37.8 Å². The van der Waals surface area contributed by atoms with E-state index in [-0.39, 0.29) is 0 Å². The molecular weight excluding hydrogens is 168 g/mol. The summed E-state index contributed by atoms with van der Waals surface area (Å²) < 4.78 is 0. The molecule has 0 spiro atoms. The Kier molecular flexibility index (Phi) is 5.06. The van der Waals surface area contributed by atoms with Gasteiger partial charge in [0.2, 0.25) is 0 Å². The van der Waals surface area contributed by atoms with Gasteiger partial charge in [0, 0.05) is 0 Å². The molecule has 0 fully saturated rings. The molecular formula is C14H20. The molecule has 0 aromatic heterocycles. The summed E-state index contributed by atoms with van der Waals surface area (Å²) in [5.41, 5.74) is 3.03. The van der Waals surface area contributed by atoms with Crippen LogP contribution in [0, 0.1) is 0 Å². The minimum atomic E-state index is 1.09. The Labute approximate surface area is 87.7 Å². The summed E-state index contributed by atoms with van der Waals surface area (Å²) in [6, 6.07) is 8.78. The summed E-state index contributed by atoms with van der Waals surface area (Å²) in [6.07, 6.45) is 8.02. The Morgan fingerprint density at radius 1 is 1.14 bits per heavy atom. The maximum atomic E-state index is 3.77. The van der Waals surface area contributed by atoms with Crippen LogP contribution >= 0.6 is 0 Å². The first-order valence-corrected chi connectivity index (χ1v) is 5.56. The molecule has 0 amide bonds. The van der Waals surface area contributed by atoms with Gasteiger partial charge in [-0.25, -0.2) is 0 Å². The topological polar surface area (TPSA) is 0 Å². The number of hydrogen-bond acceptors (Lipinski definition) is 0.